The number of para-hydroxylation sites is 1. The highest BCUT2D eigenvalue weighted by atomic mass is 32.2. The molecule has 7 rings (SSSR count). The van der Waals surface area contributed by atoms with Gasteiger partial charge in [0.25, 0.3) is 20.0 Å². The third-order valence-corrected chi connectivity index (χ3v) is 19.1. The number of H-pyrrole nitrogens is 1. The second-order valence-corrected chi connectivity index (χ2v) is 24.3. The van der Waals surface area contributed by atoms with E-state index in [2.05, 4.69) is 35.1 Å². The van der Waals surface area contributed by atoms with Crippen molar-refractivity contribution in [2.45, 2.75) is 116 Å². The number of rotatable bonds is 17. The van der Waals surface area contributed by atoms with Crippen molar-refractivity contribution in [2.24, 2.45) is 50.7 Å². The predicted molar refractivity (Wildman–Crippen MR) is 236 cm³/mol. The van der Waals surface area contributed by atoms with E-state index in [-0.39, 0.29) is 87.7 Å². The fraction of sp³-hybridized carbons (Fsp3) is 0.596. The molecular weight excluding hydrogens is 827 g/mol. The van der Waals surface area contributed by atoms with Gasteiger partial charge in [0.1, 0.15) is 10.7 Å². The van der Waals surface area contributed by atoms with Gasteiger partial charge in [-0.25, -0.2) is 26.5 Å². The maximum atomic E-state index is 15.0. The monoisotopic (exact) mass is 889 g/mol. The molecule has 2 amide bonds. The summed E-state index contributed by atoms with van der Waals surface area (Å²) >= 11 is 0. The molecule has 1 saturated heterocycles. The van der Waals surface area contributed by atoms with E-state index < -0.39 is 54.7 Å². The molecule has 1 aromatic carbocycles. The van der Waals surface area contributed by atoms with Crippen LogP contribution in [0, 0.1) is 50.7 Å². The highest BCUT2D eigenvalue weighted by Crippen LogP contribution is 2.88. The van der Waals surface area contributed by atoms with Crippen LogP contribution < -0.4 is 4.72 Å². The van der Waals surface area contributed by atoms with Gasteiger partial charge in [-0.05, 0) is 83.9 Å². The minimum absolute atomic E-state index is 0.0104. The topological polar surface area (TPSA) is 184 Å². The number of sulfonamides is 2. The molecule has 4 fully saturated rings. The first-order valence-corrected chi connectivity index (χ1v) is 24.8. The van der Waals surface area contributed by atoms with Crippen LogP contribution in [0.5, 0.6) is 0 Å². The zero-order valence-corrected chi connectivity index (χ0v) is 39.0. The average molecular weight is 890 g/mol. The lowest BCUT2D eigenvalue weighted by Crippen LogP contribution is -2.47. The molecule has 4 aliphatic rings. The van der Waals surface area contributed by atoms with Crippen molar-refractivity contribution in [1.82, 2.24) is 23.9 Å². The molecule has 62 heavy (non-hydrogen) atoms. The normalized spacial score (nSPS) is 26.1. The van der Waals surface area contributed by atoms with E-state index >= 15 is 4.79 Å². The number of fused-ring (bicyclic) bond motifs is 2. The van der Waals surface area contributed by atoms with Crippen LogP contribution in [0.15, 0.2) is 77.4 Å². The van der Waals surface area contributed by atoms with Gasteiger partial charge in [-0.2, -0.15) is 4.31 Å². The number of Topliss-reactive ketones (excluding diaryl/α,β-unsaturated/α-hetero) is 2. The summed E-state index contributed by atoms with van der Waals surface area (Å²) in [5.41, 5.74) is -1.90. The Morgan fingerprint density at radius 1 is 1.00 bits per heavy atom. The summed E-state index contributed by atoms with van der Waals surface area (Å²) in [5, 5.41) is 0.591. The minimum Gasteiger partial charge on any atom is -0.360 e. The second kappa shape index (κ2) is 15.8. The third-order valence-electron chi connectivity index (χ3n) is 16.0. The van der Waals surface area contributed by atoms with Gasteiger partial charge < -0.3 is 9.88 Å². The molecule has 2 N–H and O–H groups in total. The van der Waals surface area contributed by atoms with E-state index in [4.69, 9.17) is 0 Å². The fourth-order valence-electron chi connectivity index (χ4n) is 11.4. The lowest BCUT2D eigenvalue weighted by molar-refractivity contribution is -0.144. The lowest BCUT2D eigenvalue weighted by atomic mass is 9.73. The Hall–Kier alpha value is -4.21. The Balaban J connectivity index is 1.12. The standard InChI is InChI=1S/C47H63N5O8S2/c1-10-32-25-45(32,42(56)50-61(57,58)38-16-13-15-31-18-22-49-40(31)38)27-37(54)36-26-47(44(7,8)46(47)19-14-20-46)29-52(36)41(55)35(30(2)3)24-34(53)23-33(43(4,5)6)28-51(9)62(59,60)39-17-11-12-21-48-39/h10-13,15-18,21-22,30,32-33,35-36,49H,1,14,19-20,23-29H2,2-9H3,(H,50,56)/t32-,33-,35+,36+,45-,47-/m1/s1. The number of aromatic nitrogens is 2. The Kier molecular flexibility index (Phi) is 11.7. The van der Waals surface area contributed by atoms with Crippen molar-refractivity contribution in [3.63, 3.8) is 0 Å². The van der Waals surface area contributed by atoms with Crippen molar-refractivity contribution in [2.75, 3.05) is 20.1 Å². The molecule has 0 unspecified atom stereocenters. The number of carbonyl (C=O) groups excluding carboxylic acids is 4. The zero-order valence-electron chi connectivity index (χ0n) is 37.4. The van der Waals surface area contributed by atoms with Crippen molar-refractivity contribution in [1.29, 1.82) is 0 Å². The summed E-state index contributed by atoms with van der Waals surface area (Å²) in [7, 11) is -6.76. The number of benzene rings is 1. The molecule has 3 aromatic rings. The molecule has 2 aromatic heterocycles. The lowest BCUT2D eigenvalue weighted by Gasteiger charge is -2.34. The van der Waals surface area contributed by atoms with Crippen LogP contribution in [0.4, 0.5) is 0 Å². The quantitative estimate of drug-likeness (QED) is 0.136. The predicted octanol–water partition coefficient (Wildman–Crippen LogP) is 6.92. The molecule has 2 spiro atoms. The summed E-state index contributed by atoms with van der Waals surface area (Å²) in [6.45, 7) is 18.5. The van der Waals surface area contributed by atoms with Crippen LogP contribution in [-0.2, 0) is 39.2 Å². The first-order chi connectivity index (χ1) is 28.9. The van der Waals surface area contributed by atoms with Crippen molar-refractivity contribution in [3.05, 3.63) is 67.5 Å². The molecule has 3 aliphatic carbocycles. The van der Waals surface area contributed by atoms with Gasteiger partial charge in [-0.3, -0.25) is 19.2 Å². The van der Waals surface area contributed by atoms with Gasteiger partial charge in [-0.15, -0.1) is 6.58 Å². The Labute approximate surface area is 367 Å². The number of likely N-dealkylation sites (tertiary alicyclic amines) is 1. The van der Waals surface area contributed by atoms with E-state index in [1.807, 2.05) is 34.6 Å². The molecule has 1 aliphatic heterocycles. The number of ketones is 2. The van der Waals surface area contributed by atoms with Crippen LogP contribution >= 0.6 is 0 Å². The molecule has 0 bridgehead atoms. The molecule has 3 heterocycles. The molecule has 0 radical (unpaired) electrons. The largest absolute Gasteiger partial charge is 0.360 e. The number of aromatic amines is 1. The number of allylic oxidation sites excluding steroid dienone is 1. The number of carbonyl (C=O) groups is 4. The Morgan fingerprint density at radius 3 is 2.27 bits per heavy atom. The van der Waals surface area contributed by atoms with Crippen LogP contribution in [-0.4, -0.2) is 85.6 Å². The Bertz CT molecular complexity index is 2510. The van der Waals surface area contributed by atoms with Crippen LogP contribution in [0.3, 0.4) is 0 Å². The van der Waals surface area contributed by atoms with E-state index in [9.17, 15) is 31.2 Å². The SMILES string of the molecule is C=C[C@@H]1C[C@]1(CC(=O)[C@@H]1C[C@@]2(CN1C(=O)[C@@H](CC(=O)C[C@H](CN(C)S(=O)(=O)c1ccccn1)C(C)(C)C)C(C)C)C(C)(C)C21CCC1)C(=O)NS(=O)(=O)c1cccc2cc[nH]c12. The van der Waals surface area contributed by atoms with Gasteiger partial charge in [0.2, 0.25) is 11.8 Å². The van der Waals surface area contributed by atoms with Gasteiger partial charge in [0.05, 0.1) is 17.0 Å². The number of nitrogens with zero attached hydrogens (tertiary/aromatic N) is 3. The van der Waals surface area contributed by atoms with E-state index in [1.54, 1.807) is 47.5 Å². The number of hydrogen-bond donors (Lipinski definition) is 2. The molecule has 3 saturated carbocycles. The highest BCUT2D eigenvalue weighted by Gasteiger charge is 2.85. The van der Waals surface area contributed by atoms with Gasteiger partial charge >= 0.3 is 0 Å². The third kappa shape index (κ3) is 7.46. The zero-order chi connectivity index (χ0) is 45.4. The van der Waals surface area contributed by atoms with Gasteiger partial charge in [-0.1, -0.05) is 79.2 Å². The summed E-state index contributed by atoms with van der Waals surface area (Å²) in [6, 6.07) is 10.4. The van der Waals surface area contributed by atoms with Crippen LogP contribution in [0.1, 0.15) is 99.8 Å². The molecular formula is C47H63N5O8S2. The van der Waals surface area contributed by atoms with Gasteiger partial charge in [0, 0.05) is 68.5 Å². The molecule has 6 atom stereocenters. The van der Waals surface area contributed by atoms with Crippen LogP contribution in [0.25, 0.3) is 10.9 Å². The molecule has 336 valence electrons. The summed E-state index contributed by atoms with van der Waals surface area (Å²) in [6.07, 6.45) is 8.11. The molecule has 15 heteroatoms. The maximum Gasteiger partial charge on any atom is 0.266 e. The van der Waals surface area contributed by atoms with Crippen molar-refractivity contribution in [3.8, 4) is 0 Å². The number of nitrogens with one attached hydrogen (secondary N) is 2. The fourth-order valence-corrected chi connectivity index (χ4v) is 13.8. The van der Waals surface area contributed by atoms with E-state index in [0.29, 0.717) is 23.9 Å². The van der Waals surface area contributed by atoms with Crippen molar-refractivity contribution >= 4 is 54.3 Å². The number of amides is 2. The Morgan fingerprint density at radius 2 is 1.71 bits per heavy atom. The smallest absolute Gasteiger partial charge is 0.266 e. The summed E-state index contributed by atoms with van der Waals surface area (Å²) in [5.74, 6) is -3.34. The maximum absolute atomic E-state index is 15.0. The van der Waals surface area contributed by atoms with Crippen LogP contribution in [0.2, 0.25) is 0 Å². The van der Waals surface area contributed by atoms with E-state index in [1.165, 1.54) is 29.7 Å². The average Bonchev–Trinajstić information content (AvgIpc) is 3.70. The minimum atomic E-state index is -4.33. The summed E-state index contributed by atoms with van der Waals surface area (Å²) in [4.78, 5) is 66.8. The van der Waals surface area contributed by atoms with E-state index in [0.717, 1.165) is 19.3 Å². The first kappa shape index (κ1) is 45.8. The first-order valence-electron chi connectivity index (χ1n) is 21.9. The molecule has 13 nitrogen and oxygen atoms in total. The van der Waals surface area contributed by atoms with Gasteiger partial charge in [0.15, 0.2) is 10.8 Å². The van der Waals surface area contributed by atoms with Crippen molar-refractivity contribution < 1.29 is 36.0 Å². The number of hydrogen-bond acceptors (Lipinski definition) is 9. The number of pyridine rings is 1. The second-order valence-electron chi connectivity index (χ2n) is 20.6. The summed E-state index contributed by atoms with van der Waals surface area (Å²) < 4.78 is 57.8. The highest BCUT2D eigenvalue weighted by molar-refractivity contribution is 7.90.